The van der Waals surface area contributed by atoms with E-state index in [1.807, 2.05) is 13.8 Å². The van der Waals surface area contributed by atoms with Crippen LogP contribution in [0, 0.1) is 5.92 Å². The van der Waals surface area contributed by atoms with Crippen molar-refractivity contribution in [1.82, 2.24) is 10.6 Å². The average Bonchev–Trinajstić information content (AvgIpc) is 3.28. The first-order chi connectivity index (χ1) is 10.0. The highest BCUT2D eigenvalue weighted by atomic mass is 16.5. The van der Waals surface area contributed by atoms with Gasteiger partial charge >= 0.3 is 0 Å². The van der Waals surface area contributed by atoms with Gasteiger partial charge in [0.2, 0.25) is 5.91 Å². The van der Waals surface area contributed by atoms with E-state index in [-0.39, 0.29) is 23.8 Å². The van der Waals surface area contributed by atoms with Crippen LogP contribution in [-0.4, -0.2) is 31.0 Å². The molecule has 5 heteroatoms. The van der Waals surface area contributed by atoms with Gasteiger partial charge in [-0.05, 0) is 43.0 Å². The molecule has 1 aliphatic rings. The molecule has 0 spiro atoms. The second-order valence-corrected chi connectivity index (χ2v) is 5.71. The number of carbonyl (C=O) groups excluding carboxylic acids is 2. The molecule has 2 N–H and O–H groups in total. The molecule has 0 heterocycles. The van der Waals surface area contributed by atoms with Gasteiger partial charge in [0.05, 0.1) is 7.11 Å². The maximum Gasteiger partial charge on any atom is 0.251 e. The lowest BCUT2D eigenvalue weighted by molar-refractivity contribution is -0.124. The molecule has 1 aromatic carbocycles. The number of benzene rings is 1. The Balaban J connectivity index is 2.00. The number of methoxy groups -OCH3 is 1. The Morgan fingerprint density at radius 2 is 1.81 bits per heavy atom. The lowest BCUT2D eigenvalue weighted by atomic mass is 10.0. The van der Waals surface area contributed by atoms with Crippen molar-refractivity contribution in [3.05, 3.63) is 29.8 Å². The number of hydrogen-bond donors (Lipinski definition) is 2. The van der Waals surface area contributed by atoms with Crippen LogP contribution in [0.2, 0.25) is 0 Å². The largest absolute Gasteiger partial charge is 0.497 e. The minimum atomic E-state index is -0.514. The Bertz CT molecular complexity index is 507. The van der Waals surface area contributed by atoms with Crippen LogP contribution >= 0.6 is 0 Å². The standard InChI is InChI=1S/C16H22N2O3/c1-10(2)14(16(20)17-12-6-7-12)18-15(19)11-4-8-13(21-3)9-5-11/h4-5,8-10,12,14H,6-7H2,1-3H3,(H,17,20)(H,18,19)/t14-/m0/s1. The van der Waals surface area contributed by atoms with E-state index < -0.39 is 6.04 Å². The van der Waals surface area contributed by atoms with Crippen molar-refractivity contribution in [2.24, 2.45) is 5.92 Å². The van der Waals surface area contributed by atoms with Crippen LogP contribution in [0.1, 0.15) is 37.0 Å². The summed E-state index contributed by atoms with van der Waals surface area (Å²) in [5, 5.41) is 5.75. The van der Waals surface area contributed by atoms with Gasteiger partial charge in [0, 0.05) is 11.6 Å². The van der Waals surface area contributed by atoms with Gasteiger partial charge in [0.15, 0.2) is 0 Å². The van der Waals surface area contributed by atoms with Gasteiger partial charge in [-0.2, -0.15) is 0 Å². The minimum absolute atomic E-state index is 0.0333. The number of carbonyl (C=O) groups is 2. The Morgan fingerprint density at radius 1 is 1.19 bits per heavy atom. The Hall–Kier alpha value is -2.04. The smallest absolute Gasteiger partial charge is 0.251 e. The Morgan fingerprint density at radius 3 is 2.29 bits per heavy atom. The molecule has 1 fully saturated rings. The molecule has 0 aliphatic heterocycles. The molecule has 1 aromatic rings. The number of rotatable bonds is 6. The molecule has 0 radical (unpaired) electrons. The summed E-state index contributed by atoms with van der Waals surface area (Å²) in [6.07, 6.45) is 2.06. The number of nitrogens with one attached hydrogen (secondary N) is 2. The maximum atomic E-state index is 12.2. The highest BCUT2D eigenvalue weighted by molar-refractivity contribution is 5.97. The number of hydrogen-bond acceptors (Lipinski definition) is 3. The average molecular weight is 290 g/mol. The predicted molar refractivity (Wildman–Crippen MR) is 80.3 cm³/mol. The maximum absolute atomic E-state index is 12.2. The van der Waals surface area contributed by atoms with E-state index in [2.05, 4.69) is 10.6 Å². The van der Waals surface area contributed by atoms with Gasteiger partial charge in [-0.3, -0.25) is 9.59 Å². The number of amides is 2. The topological polar surface area (TPSA) is 67.4 Å². The molecule has 21 heavy (non-hydrogen) atoms. The van der Waals surface area contributed by atoms with E-state index >= 15 is 0 Å². The zero-order chi connectivity index (χ0) is 15.4. The molecule has 2 rings (SSSR count). The van der Waals surface area contributed by atoms with E-state index in [0.29, 0.717) is 11.3 Å². The fourth-order valence-electron chi connectivity index (χ4n) is 2.02. The molecule has 2 amide bonds. The van der Waals surface area contributed by atoms with Crippen molar-refractivity contribution >= 4 is 11.8 Å². The van der Waals surface area contributed by atoms with Crippen molar-refractivity contribution in [1.29, 1.82) is 0 Å². The fraction of sp³-hybridized carbons (Fsp3) is 0.500. The summed E-state index contributed by atoms with van der Waals surface area (Å²) in [4.78, 5) is 24.4. The van der Waals surface area contributed by atoms with Crippen molar-refractivity contribution in [3.8, 4) is 5.75 Å². The minimum Gasteiger partial charge on any atom is -0.497 e. The summed E-state index contributed by atoms with van der Waals surface area (Å²) in [6, 6.07) is 6.60. The first-order valence-electron chi connectivity index (χ1n) is 7.26. The third-order valence-corrected chi connectivity index (χ3v) is 3.51. The predicted octanol–water partition coefficient (Wildman–Crippen LogP) is 1.73. The van der Waals surface area contributed by atoms with Gasteiger partial charge < -0.3 is 15.4 Å². The van der Waals surface area contributed by atoms with Gasteiger partial charge in [0.25, 0.3) is 5.91 Å². The molecule has 114 valence electrons. The SMILES string of the molecule is COc1ccc(C(=O)N[C@H](C(=O)NC2CC2)C(C)C)cc1. The molecule has 5 nitrogen and oxygen atoms in total. The molecule has 0 saturated heterocycles. The number of ether oxygens (including phenoxy) is 1. The van der Waals surface area contributed by atoms with E-state index in [0.717, 1.165) is 12.8 Å². The van der Waals surface area contributed by atoms with Crippen molar-refractivity contribution in [2.75, 3.05) is 7.11 Å². The molecule has 1 aliphatic carbocycles. The molecular weight excluding hydrogens is 268 g/mol. The molecule has 0 aromatic heterocycles. The van der Waals surface area contributed by atoms with Crippen molar-refractivity contribution in [3.63, 3.8) is 0 Å². The first kappa shape index (κ1) is 15.4. The highest BCUT2D eigenvalue weighted by Gasteiger charge is 2.30. The third kappa shape index (κ3) is 4.21. The quantitative estimate of drug-likeness (QED) is 0.838. The van der Waals surface area contributed by atoms with Gasteiger partial charge in [-0.25, -0.2) is 0 Å². The zero-order valence-corrected chi connectivity index (χ0v) is 12.7. The molecule has 1 saturated carbocycles. The molecule has 0 bridgehead atoms. The van der Waals surface area contributed by atoms with Crippen LogP contribution in [0.25, 0.3) is 0 Å². The van der Waals surface area contributed by atoms with Gasteiger partial charge in [-0.15, -0.1) is 0 Å². The van der Waals surface area contributed by atoms with E-state index in [9.17, 15) is 9.59 Å². The summed E-state index contributed by atoms with van der Waals surface area (Å²) >= 11 is 0. The normalized spacial score (nSPS) is 15.4. The van der Waals surface area contributed by atoms with Crippen LogP contribution < -0.4 is 15.4 Å². The summed E-state index contributed by atoms with van der Waals surface area (Å²) in [7, 11) is 1.58. The second-order valence-electron chi connectivity index (χ2n) is 5.71. The van der Waals surface area contributed by atoms with Crippen molar-refractivity contribution < 1.29 is 14.3 Å². The summed E-state index contributed by atoms with van der Waals surface area (Å²) in [6.45, 7) is 3.84. The Kier molecular flexibility index (Phi) is 4.83. The molecule has 1 atom stereocenters. The van der Waals surface area contributed by atoms with E-state index in [1.54, 1.807) is 31.4 Å². The van der Waals surface area contributed by atoms with Crippen LogP contribution in [0.5, 0.6) is 5.75 Å². The van der Waals surface area contributed by atoms with Crippen molar-refractivity contribution in [2.45, 2.75) is 38.8 Å². The first-order valence-corrected chi connectivity index (χ1v) is 7.26. The second kappa shape index (κ2) is 6.61. The summed E-state index contributed by atoms with van der Waals surface area (Å²) in [5.41, 5.74) is 0.515. The van der Waals surface area contributed by atoms with E-state index in [4.69, 9.17) is 4.74 Å². The van der Waals surface area contributed by atoms with E-state index in [1.165, 1.54) is 0 Å². The third-order valence-electron chi connectivity index (χ3n) is 3.51. The van der Waals surface area contributed by atoms with Crippen LogP contribution in [-0.2, 0) is 4.79 Å². The van der Waals surface area contributed by atoms with Gasteiger partial charge in [0.1, 0.15) is 11.8 Å². The summed E-state index contributed by atoms with van der Waals surface area (Å²) < 4.78 is 5.06. The van der Waals surface area contributed by atoms with Crippen LogP contribution in [0.3, 0.4) is 0 Å². The van der Waals surface area contributed by atoms with Crippen LogP contribution in [0.15, 0.2) is 24.3 Å². The summed E-state index contributed by atoms with van der Waals surface area (Å²) in [5.74, 6) is 0.376. The highest BCUT2D eigenvalue weighted by Crippen LogP contribution is 2.19. The van der Waals surface area contributed by atoms with Crippen LogP contribution in [0.4, 0.5) is 0 Å². The van der Waals surface area contributed by atoms with Gasteiger partial charge in [-0.1, -0.05) is 13.8 Å². The monoisotopic (exact) mass is 290 g/mol. The fourth-order valence-corrected chi connectivity index (χ4v) is 2.02. The molecule has 0 unspecified atom stereocenters. The lowest BCUT2D eigenvalue weighted by Crippen LogP contribution is -2.50. The Labute approximate surface area is 125 Å². The lowest BCUT2D eigenvalue weighted by Gasteiger charge is -2.21. The zero-order valence-electron chi connectivity index (χ0n) is 12.7. The molecular formula is C16H22N2O3.